The lowest BCUT2D eigenvalue weighted by atomic mass is 10.1. The monoisotopic (exact) mass is 431 g/mol. The second-order valence-electron chi connectivity index (χ2n) is 6.45. The molecule has 0 heterocycles. The van der Waals surface area contributed by atoms with Crippen molar-refractivity contribution in [3.63, 3.8) is 0 Å². The van der Waals surface area contributed by atoms with Gasteiger partial charge in [0, 0.05) is 12.5 Å². The van der Waals surface area contributed by atoms with E-state index in [2.05, 4.69) is 4.74 Å². The summed E-state index contributed by atoms with van der Waals surface area (Å²) in [6.07, 6.45) is 1.34. The highest BCUT2D eigenvalue weighted by Crippen LogP contribution is 2.36. The normalized spacial score (nSPS) is 10.3. The molecule has 0 amide bonds. The molecule has 9 nitrogen and oxygen atoms in total. The first-order valence-corrected chi connectivity index (χ1v) is 9.82. The Morgan fingerprint density at radius 3 is 2.39 bits per heavy atom. The zero-order chi connectivity index (χ0) is 22.6. The van der Waals surface area contributed by atoms with Gasteiger partial charge in [-0.1, -0.05) is 30.3 Å². The molecule has 31 heavy (non-hydrogen) atoms. The van der Waals surface area contributed by atoms with Crippen LogP contribution in [0.25, 0.3) is 0 Å². The van der Waals surface area contributed by atoms with E-state index >= 15 is 0 Å². The van der Waals surface area contributed by atoms with Gasteiger partial charge in [0.15, 0.2) is 11.5 Å². The molecule has 0 aliphatic carbocycles. The van der Waals surface area contributed by atoms with E-state index in [9.17, 15) is 19.7 Å². The Balaban J connectivity index is 2.23. The topological polar surface area (TPSA) is 114 Å². The second-order valence-corrected chi connectivity index (χ2v) is 6.45. The average Bonchev–Trinajstić information content (AvgIpc) is 2.77. The summed E-state index contributed by atoms with van der Waals surface area (Å²) in [7, 11) is 1.32. The van der Waals surface area contributed by atoms with Crippen molar-refractivity contribution in [3.8, 4) is 11.5 Å². The van der Waals surface area contributed by atoms with Crippen molar-refractivity contribution in [3.05, 3.63) is 63.7 Å². The lowest BCUT2D eigenvalue weighted by molar-refractivity contribution is -0.385. The van der Waals surface area contributed by atoms with Crippen molar-refractivity contribution in [1.82, 2.24) is 0 Å². The maximum atomic E-state index is 12.2. The average molecular weight is 431 g/mol. The van der Waals surface area contributed by atoms with Crippen LogP contribution in [0.1, 0.15) is 42.1 Å². The maximum Gasteiger partial charge on any atom is 0.345 e. The van der Waals surface area contributed by atoms with E-state index in [0.29, 0.717) is 12.8 Å². The number of esters is 2. The summed E-state index contributed by atoms with van der Waals surface area (Å²) in [6, 6.07) is 11.7. The molecule has 2 aromatic rings. The molecule has 0 saturated heterocycles. The fourth-order valence-corrected chi connectivity index (χ4v) is 2.69. The summed E-state index contributed by atoms with van der Waals surface area (Å²) in [5.74, 6) is -0.814. The first kappa shape index (κ1) is 23.7. The Hall–Kier alpha value is -3.62. The molecule has 0 aromatic heterocycles. The molecule has 166 valence electrons. The van der Waals surface area contributed by atoms with Crippen LogP contribution in [-0.4, -0.2) is 37.2 Å². The van der Waals surface area contributed by atoms with E-state index in [1.165, 1.54) is 19.2 Å². The molecule has 0 bridgehead atoms. The third kappa shape index (κ3) is 7.29. The lowest BCUT2D eigenvalue weighted by Gasteiger charge is -2.14. The Bertz CT molecular complexity index is 898. The Morgan fingerprint density at radius 2 is 1.74 bits per heavy atom. The number of carbonyl (C=O) groups excluding carboxylic acids is 2. The number of unbranched alkanes of at least 4 members (excludes halogenated alkanes) is 1. The molecule has 0 fully saturated rings. The van der Waals surface area contributed by atoms with Gasteiger partial charge in [-0.15, -0.1) is 0 Å². The number of rotatable bonds is 12. The second kappa shape index (κ2) is 12.2. The zero-order valence-electron chi connectivity index (χ0n) is 17.5. The fraction of sp³-hybridized carbons (Fsp3) is 0.364. The molecular weight excluding hydrogens is 406 g/mol. The van der Waals surface area contributed by atoms with Gasteiger partial charge < -0.3 is 18.9 Å². The van der Waals surface area contributed by atoms with Gasteiger partial charge in [-0.2, -0.15) is 0 Å². The van der Waals surface area contributed by atoms with Crippen molar-refractivity contribution in [2.45, 2.75) is 32.8 Å². The smallest absolute Gasteiger partial charge is 0.345 e. The summed E-state index contributed by atoms with van der Waals surface area (Å²) in [6.45, 7) is 2.07. The van der Waals surface area contributed by atoms with Crippen molar-refractivity contribution in [2.24, 2.45) is 0 Å². The third-order valence-corrected chi connectivity index (χ3v) is 4.25. The van der Waals surface area contributed by atoms with Gasteiger partial charge in [0.05, 0.1) is 31.3 Å². The number of methoxy groups -OCH3 is 1. The largest absolute Gasteiger partial charge is 0.490 e. The van der Waals surface area contributed by atoms with E-state index in [4.69, 9.17) is 14.2 Å². The van der Waals surface area contributed by atoms with Crippen LogP contribution in [0.4, 0.5) is 5.69 Å². The lowest BCUT2D eigenvalue weighted by Crippen LogP contribution is -2.10. The van der Waals surface area contributed by atoms with Gasteiger partial charge in [-0.3, -0.25) is 14.9 Å². The summed E-state index contributed by atoms with van der Waals surface area (Å²) < 4.78 is 21.0. The molecule has 0 unspecified atom stereocenters. The van der Waals surface area contributed by atoms with E-state index < -0.39 is 16.6 Å². The Labute approximate surface area is 180 Å². The number of hydrogen-bond donors (Lipinski definition) is 0. The fourth-order valence-electron chi connectivity index (χ4n) is 2.69. The third-order valence-electron chi connectivity index (χ3n) is 4.25. The molecule has 2 aromatic carbocycles. The van der Waals surface area contributed by atoms with Crippen LogP contribution in [0.5, 0.6) is 11.5 Å². The first-order valence-electron chi connectivity index (χ1n) is 9.82. The molecule has 0 N–H and O–H groups in total. The van der Waals surface area contributed by atoms with Crippen LogP contribution < -0.4 is 9.47 Å². The van der Waals surface area contributed by atoms with E-state index in [0.717, 1.165) is 5.56 Å². The van der Waals surface area contributed by atoms with Gasteiger partial charge in [-0.05, 0) is 25.3 Å². The molecule has 0 aliphatic rings. The van der Waals surface area contributed by atoms with Crippen molar-refractivity contribution >= 4 is 17.6 Å². The van der Waals surface area contributed by atoms with Crippen LogP contribution in [0.15, 0.2) is 42.5 Å². The molecular formula is C22H25NO8. The van der Waals surface area contributed by atoms with Crippen molar-refractivity contribution < 1.29 is 33.5 Å². The number of benzene rings is 2. The van der Waals surface area contributed by atoms with E-state index in [-0.39, 0.29) is 49.3 Å². The van der Waals surface area contributed by atoms with E-state index in [1.54, 1.807) is 6.92 Å². The maximum absolute atomic E-state index is 12.2. The molecule has 0 atom stereocenters. The number of hydrogen-bond acceptors (Lipinski definition) is 8. The van der Waals surface area contributed by atoms with E-state index in [1.807, 2.05) is 30.3 Å². The minimum absolute atomic E-state index is 0.0754. The van der Waals surface area contributed by atoms with Crippen LogP contribution in [-0.2, 0) is 20.9 Å². The molecule has 0 spiro atoms. The molecule has 0 radical (unpaired) electrons. The molecule has 9 heteroatoms. The molecule has 2 rings (SSSR count). The minimum Gasteiger partial charge on any atom is -0.490 e. The Kier molecular flexibility index (Phi) is 9.28. The standard InChI is InChI=1S/C22H25NO8/c1-3-29-22(25)17-13-19(30-12-8-7-11-21(24)28-2)20(14-18(17)23(26)27)31-15-16-9-5-4-6-10-16/h4-6,9-10,13-14H,3,7-8,11-12,15H2,1-2H3. The van der Waals surface area contributed by atoms with Gasteiger partial charge in [0.25, 0.3) is 5.69 Å². The van der Waals surface area contributed by atoms with Gasteiger partial charge in [0.2, 0.25) is 0 Å². The first-order chi connectivity index (χ1) is 15.0. The van der Waals surface area contributed by atoms with Gasteiger partial charge in [0.1, 0.15) is 12.2 Å². The van der Waals surface area contributed by atoms with Crippen LogP contribution in [0, 0.1) is 10.1 Å². The summed E-state index contributed by atoms with van der Waals surface area (Å²) in [5.41, 5.74) is 0.215. The van der Waals surface area contributed by atoms with Gasteiger partial charge >= 0.3 is 11.9 Å². The number of ether oxygens (including phenoxy) is 4. The van der Waals surface area contributed by atoms with Crippen molar-refractivity contribution in [1.29, 1.82) is 0 Å². The van der Waals surface area contributed by atoms with Crippen LogP contribution in [0.3, 0.4) is 0 Å². The zero-order valence-corrected chi connectivity index (χ0v) is 17.5. The summed E-state index contributed by atoms with van der Waals surface area (Å²) in [5, 5.41) is 11.5. The summed E-state index contributed by atoms with van der Waals surface area (Å²) >= 11 is 0. The van der Waals surface area contributed by atoms with Crippen LogP contribution in [0.2, 0.25) is 0 Å². The number of carbonyl (C=O) groups is 2. The van der Waals surface area contributed by atoms with Gasteiger partial charge in [-0.25, -0.2) is 4.79 Å². The van der Waals surface area contributed by atoms with Crippen molar-refractivity contribution in [2.75, 3.05) is 20.3 Å². The quantitative estimate of drug-likeness (QED) is 0.214. The summed E-state index contributed by atoms with van der Waals surface area (Å²) in [4.78, 5) is 34.3. The minimum atomic E-state index is -0.820. The molecule has 0 saturated carbocycles. The number of nitrogens with zero attached hydrogens (tertiary/aromatic N) is 1. The highest BCUT2D eigenvalue weighted by atomic mass is 16.6. The molecule has 0 aliphatic heterocycles. The predicted octanol–water partition coefficient (Wildman–Crippen LogP) is 4.07. The number of nitro benzene ring substituents is 1. The number of nitro groups is 1. The highest BCUT2D eigenvalue weighted by Gasteiger charge is 2.26. The SMILES string of the molecule is CCOC(=O)c1cc(OCCCCC(=O)OC)c(OCc2ccccc2)cc1[N+](=O)[O-]. The Morgan fingerprint density at radius 1 is 1.03 bits per heavy atom. The van der Waals surface area contributed by atoms with Crippen LogP contribution >= 0.6 is 0 Å². The predicted molar refractivity (Wildman–Crippen MR) is 111 cm³/mol. The highest BCUT2D eigenvalue weighted by molar-refractivity contribution is 5.95.